The number of nitrogens with one attached hydrogen (secondary N) is 2. The summed E-state index contributed by atoms with van der Waals surface area (Å²) in [7, 11) is 1.79. The minimum Gasteiger partial charge on any atom is -0.496 e. The van der Waals surface area contributed by atoms with Crippen molar-refractivity contribution in [3.8, 4) is 5.75 Å². The molecule has 1 aromatic heterocycles. The Morgan fingerprint density at radius 3 is 2.39 bits per heavy atom. The molecule has 3 nitrogen and oxygen atoms in total. The molecule has 0 aliphatic carbocycles. The zero-order chi connectivity index (χ0) is 29.8. The number of anilines is 1. The number of hydrogen-bond acceptors (Lipinski definition) is 2. The van der Waals surface area contributed by atoms with E-state index >= 15 is 0 Å². The van der Waals surface area contributed by atoms with Gasteiger partial charge in [0.15, 0.2) is 0 Å². The molecule has 0 radical (unpaired) electrons. The summed E-state index contributed by atoms with van der Waals surface area (Å²) in [5.41, 5.74) is 7.46. The fourth-order valence-electron chi connectivity index (χ4n) is 7.45. The molecule has 1 aliphatic rings. The summed E-state index contributed by atoms with van der Waals surface area (Å²) in [6.45, 7) is 0. The van der Waals surface area contributed by atoms with E-state index < -0.39 is 0 Å². The van der Waals surface area contributed by atoms with Gasteiger partial charge in [-0.25, -0.2) is 0 Å². The van der Waals surface area contributed by atoms with Gasteiger partial charge in [0.1, 0.15) is 5.75 Å². The molecule has 0 amide bonds. The van der Waals surface area contributed by atoms with E-state index in [9.17, 15) is 0 Å². The number of aromatic nitrogens is 1. The molecule has 8 rings (SSSR count). The maximum Gasteiger partial charge on any atom is 0.124 e. The van der Waals surface area contributed by atoms with Crippen LogP contribution in [0, 0.1) is 5.92 Å². The first-order valence-electron chi connectivity index (χ1n) is 14.9. The molecule has 0 bridgehead atoms. The van der Waals surface area contributed by atoms with Crippen LogP contribution in [0.25, 0.3) is 32.4 Å². The zero-order valence-corrected chi connectivity index (χ0v) is 27.3. The Hall–Kier alpha value is -4.06. The third-order valence-corrected chi connectivity index (χ3v) is 10.5. The number of aromatic amines is 1. The van der Waals surface area contributed by atoms with Crippen LogP contribution in [0.2, 0.25) is 0 Å². The van der Waals surface area contributed by atoms with Crippen LogP contribution in [0.5, 0.6) is 5.75 Å². The van der Waals surface area contributed by atoms with Crippen molar-refractivity contribution in [2.75, 3.05) is 12.4 Å². The van der Waals surface area contributed by atoms with Gasteiger partial charge < -0.3 is 15.0 Å². The molecule has 1 aliphatic heterocycles. The third kappa shape index (κ3) is 4.53. The Labute approximate surface area is 273 Å². The van der Waals surface area contributed by atoms with Crippen molar-refractivity contribution in [3.63, 3.8) is 0 Å². The van der Waals surface area contributed by atoms with Crippen LogP contribution in [-0.2, 0) is 6.42 Å². The fourth-order valence-corrected chi connectivity index (χ4v) is 8.42. The monoisotopic (exact) mass is 700 g/mol. The summed E-state index contributed by atoms with van der Waals surface area (Å²) >= 11 is 7.65. The number of hydrogen-bond donors (Lipinski definition) is 2. The normalized spacial score (nSPS) is 17.9. The summed E-state index contributed by atoms with van der Waals surface area (Å²) in [6, 6.07) is 41.5. The van der Waals surface area contributed by atoms with Crippen molar-refractivity contribution in [2.24, 2.45) is 5.92 Å². The number of methoxy groups -OCH3 is 1. The highest BCUT2D eigenvalue weighted by Gasteiger charge is 2.42. The average molecular weight is 702 g/mol. The maximum absolute atomic E-state index is 6.13. The van der Waals surface area contributed by atoms with Crippen molar-refractivity contribution in [3.05, 3.63) is 153 Å². The van der Waals surface area contributed by atoms with E-state index in [1.165, 1.54) is 49.2 Å². The molecule has 44 heavy (non-hydrogen) atoms. The Morgan fingerprint density at radius 1 is 0.727 bits per heavy atom. The van der Waals surface area contributed by atoms with E-state index in [2.05, 4.69) is 164 Å². The van der Waals surface area contributed by atoms with Crippen molar-refractivity contribution in [2.45, 2.75) is 18.4 Å². The highest BCUT2D eigenvalue weighted by molar-refractivity contribution is 9.11. The Balaban J connectivity index is 1.47. The van der Waals surface area contributed by atoms with Crippen LogP contribution < -0.4 is 10.1 Å². The van der Waals surface area contributed by atoms with Crippen molar-refractivity contribution >= 4 is 70.0 Å². The van der Waals surface area contributed by atoms with Crippen LogP contribution in [0.15, 0.2) is 130 Å². The summed E-state index contributed by atoms with van der Waals surface area (Å²) in [5, 5.41) is 10.3. The van der Waals surface area contributed by atoms with Gasteiger partial charge in [-0.05, 0) is 87.0 Å². The average Bonchev–Trinajstić information content (AvgIpc) is 3.49. The predicted molar refractivity (Wildman–Crippen MR) is 190 cm³/mol. The molecule has 7 aromatic rings. The van der Waals surface area contributed by atoms with E-state index in [1.54, 1.807) is 7.11 Å². The quantitative estimate of drug-likeness (QED) is 0.187. The van der Waals surface area contributed by atoms with Gasteiger partial charge in [0, 0.05) is 43.2 Å². The molecule has 0 saturated heterocycles. The molecule has 0 fully saturated rings. The molecule has 2 heterocycles. The van der Waals surface area contributed by atoms with Gasteiger partial charge in [-0.15, -0.1) is 0 Å². The lowest BCUT2D eigenvalue weighted by Gasteiger charge is -2.43. The third-order valence-electron chi connectivity index (χ3n) is 9.30. The fraction of sp³-hybridized carbons (Fsp3) is 0.128. The highest BCUT2D eigenvalue weighted by atomic mass is 79.9. The Kier molecular flexibility index (Phi) is 6.96. The topological polar surface area (TPSA) is 37.0 Å². The smallest absolute Gasteiger partial charge is 0.124 e. The molecule has 5 heteroatoms. The molecule has 216 valence electrons. The summed E-state index contributed by atoms with van der Waals surface area (Å²) in [4.78, 5) is 3.62. The second-order valence-corrected chi connectivity index (χ2v) is 13.4. The largest absolute Gasteiger partial charge is 0.496 e. The Bertz CT molecular complexity index is 2170. The number of H-pyrrole nitrogens is 1. The zero-order valence-electron chi connectivity index (χ0n) is 24.2. The van der Waals surface area contributed by atoms with Gasteiger partial charge >= 0.3 is 0 Å². The molecule has 6 aromatic carbocycles. The van der Waals surface area contributed by atoms with E-state index in [4.69, 9.17) is 4.74 Å². The number of benzene rings is 6. The van der Waals surface area contributed by atoms with E-state index in [0.29, 0.717) is 0 Å². The molecule has 0 saturated carbocycles. The minimum absolute atomic E-state index is 0.0194. The summed E-state index contributed by atoms with van der Waals surface area (Å²) in [6.07, 6.45) is 3.13. The second-order valence-electron chi connectivity index (χ2n) is 11.7. The van der Waals surface area contributed by atoms with Gasteiger partial charge in [0.05, 0.1) is 13.2 Å². The molecule has 3 atom stereocenters. The van der Waals surface area contributed by atoms with Gasteiger partial charge in [-0.1, -0.05) is 111 Å². The molecular formula is C39H30Br2N2O. The first-order valence-corrected chi connectivity index (χ1v) is 16.5. The SMILES string of the molecule is COc1ccc2ccccc2c1[C@@H]1Nc2ccc3cc(Br)ccc3c2[C@H](c2c[nH]c3cccc(Br)c23)[C@H]1Cc1ccccc1. The number of fused-ring (bicyclic) bond motifs is 5. The lowest BCUT2D eigenvalue weighted by Crippen LogP contribution is -2.34. The lowest BCUT2D eigenvalue weighted by atomic mass is 9.68. The number of ether oxygens (including phenoxy) is 1. The van der Waals surface area contributed by atoms with Crippen molar-refractivity contribution in [1.82, 2.24) is 4.98 Å². The molecule has 0 unspecified atom stereocenters. The van der Waals surface area contributed by atoms with E-state index in [0.717, 1.165) is 32.3 Å². The Morgan fingerprint density at radius 2 is 1.52 bits per heavy atom. The summed E-state index contributed by atoms with van der Waals surface area (Å²) < 4.78 is 8.32. The van der Waals surface area contributed by atoms with Crippen LogP contribution >= 0.6 is 31.9 Å². The van der Waals surface area contributed by atoms with Gasteiger partial charge in [-0.3, -0.25) is 0 Å². The van der Waals surface area contributed by atoms with Crippen LogP contribution in [-0.4, -0.2) is 12.1 Å². The van der Waals surface area contributed by atoms with Gasteiger partial charge in [0.25, 0.3) is 0 Å². The van der Waals surface area contributed by atoms with Gasteiger partial charge in [0.2, 0.25) is 0 Å². The van der Waals surface area contributed by atoms with Crippen LogP contribution in [0.1, 0.15) is 34.2 Å². The second kappa shape index (κ2) is 11.1. The maximum atomic E-state index is 6.13. The lowest BCUT2D eigenvalue weighted by molar-refractivity contribution is 0.368. The predicted octanol–water partition coefficient (Wildman–Crippen LogP) is 11.2. The first-order chi connectivity index (χ1) is 21.6. The van der Waals surface area contributed by atoms with Crippen LogP contribution in [0.4, 0.5) is 5.69 Å². The molecule has 2 N–H and O–H groups in total. The molecular weight excluding hydrogens is 672 g/mol. The molecule has 0 spiro atoms. The van der Waals surface area contributed by atoms with Crippen LogP contribution in [0.3, 0.4) is 0 Å². The standard InChI is InChI=1S/C39H30Br2N2O/c1-44-34-19-15-24-10-5-6-11-27(24)38(34)39-29(20-23-8-3-2-4-9-23)35(30-22-42-32-13-7-12-31(41)36(30)32)37-28-17-16-26(40)21-25(28)14-18-33(37)43-39/h2-19,21-22,29,35,39,42-43H,20H2,1H3/t29-,35+,39-/m1/s1. The van der Waals surface area contributed by atoms with Crippen molar-refractivity contribution in [1.29, 1.82) is 0 Å². The number of halogens is 2. The highest BCUT2D eigenvalue weighted by Crippen LogP contribution is 2.55. The summed E-state index contributed by atoms with van der Waals surface area (Å²) in [5.74, 6) is 1.15. The van der Waals surface area contributed by atoms with E-state index in [1.807, 2.05) is 0 Å². The minimum atomic E-state index is -0.0194. The number of rotatable bonds is 5. The van der Waals surface area contributed by atoms with E-state index in [-0.39, 0.29) is 17.9 Å². The van der Waals surface area contributed by atoms with Crippen molar-refractivity contribution < 1.29 is 4.74 Å². The van der Waals surface area contributed by atoms with Gasteiger partial charge in [-0.2, -0.15) is 0 Å². The first kappa shape index (κ1) is 27.5.